The van der Waals surface area contributed by atoms with Crippen LogP contribution in [0.3, 0.4) is 0 Å². The number of amides is 1. The van der Waals surface area contributed by atoms with Gasteiger partial charge in [-0.1, -0.05) is 6.07 Å². The SMILES string of the molecule is Cc1ccc(NC(=O)c2nn3c(c2Br)N[C@@H](c2ccc(Br)o2)C[C@H]3C(F)(F)F)cc1C. The van der Waals surface area contributed by atoms with E-state index in [4.69, 9.17) is 4.42 Å². The smallest absolute Gasteiger partial charge is 0.410 e. The van der Waals surface area contributed by atoms with Crippen LogP contribution in [0, 0.1) is 13.8 Å². The Balaban J connectivity index is 1.69. The number of alkyl halides is 3. The first-order chi connectivity index (χ1) is 14.5. The molecule has 4 rings (SSSR count). The Bertz CT molecular complexity index is 1160. The molecule has 2 N–H and O–H groups in total. The van der Waals surface area contributed by atoms with Crippen molar-refractivity contribution in [2.45, 2.75) is 38.5 Å². The number of rotatable bonds is 3. The van der Waals surface area contributed by atoms with E-state index in [1.807, 2.05) is 19.9 Å². The Labute approximate surface area is 192 Å². The molecule has 0 aliphatic carbocycles. The van der Waals surface area contributed by atoms with Gasteiger partial charge in [-0.25, -0.2) is 4.68 Å². The van der Waals surface area contributed by atoms with Gasteiger partial charge in [-0.2, -0.15) is 18.3 Å². The molecule has 2 aromatic heterocycles. The Morgan fingerprint density at radius 3 is 2.58 bits per heavy atom. The monoisotopic (exact) mass is 560 g/mol. The van der Waals surface area contributed by atoms with Crippen LogP contribution in [0.2, 0.25) is 0 Å². The summed E-state index contributed by atoms with van der Waals surface area (Å²) in [6.45, 7) is 3.85. The van der Waals surface area contributed by atoms with E-state index in [1.165, 1.54) is 0 Å². The molecule has 2 atom stereocenters. The van der Waals surface area contributed by atoms with Gasteiger partial charge in [0, 0.05) is 12.1 Å². The van der Waals surface area contributed by atoms with Gasteiger partial charge in [-0.3, -0.25) is 4.79 Å². The molecule has 1 aliphatic heterocycles. The molecular weight excluding hydrogens is 545 g/mol. The second-order valence-corrected chi connectivity index (χ2v) is 8.92. The molecule has 1 amide bonds. The van der Waals surface area contributed by atoms with Crippen molar-refractivity contribution in [2.75, 3.05) is 10.6 Å². The number of hydrogen-bond acceptors (Lipinski definition) is 4. The highest BCUT2D eigenvalue weighted by Crippen LogP contribution is 2.46. The fourth-order valence-electron chi connectivity index (χ4n) is 3.45. The van der Waals surface area contributed by atoms with E-state index >= 15 is 0 Å². The van der Waals surface area contributed by atoms with Crippen LogP contribution in [-0.4, -0.2) is 21.9 Å². The third-order valence-corrected chi connectivity index (χ3v) is 6.39. The number of nitrogens with zero attached hydrogens (tertiary/aromatic N) is 2. The first-order valence-corrected chi connectivity index (χ1v) is 10.9. The van der Waals surface area contributed by atoms with Crippen LogP contribution in [0.15, 0.2) is 43.9 Å². The lowest BCUT2D eigenvalue weighted by molar-refractivity contribution is -0.174. The molecule has 0 fully saturated rings. The van der Waals surface area contributed by atoms with E-state index in [2.05, 4.69) is 47.6 Å². The van der Waals surface area contributed by atoms with Crippen molar-refractivity contribution in [3.05, 3.63) is 62.1 Å². The molecule has 0 radical (unpaired) electrons. The Morgan fingerprint density at radius 2 is 1.97 bits per heavy atom. The van der Waals surface area contributed by atoms with E-state index < -0.39 is 24.2 Å². The average molecular weight is 562 g/mol. The van der Waals surface area contributed by atoms with Crippen molar-refractivity contribution in [3.8, 4) is 0 Å². The van der Waals surface area contributed by atoms with E-state index in [0.717, 1.165) is 15.8 Å². The van der Waals surface area contributed by atoms with E-state index in [1.54, 1.807) is 24.3 Å². The minimum absolute atomic E-state index is 0.0661. The number of carbonyl (C=O) groups excluding carboxylic acids is 1. The topological polar surface area (TPSA) is 72.1 Å². The maximum absolute atomic E-state index is 13.8. The molecule has 0 saturated heterocycles. The van der Waals surface area contributed by atoms with Crippen molar-refractivity contribution in [1.29, 1.82) is 0 Å². The minimum atomic E-state index is -4.56. The summed E-state index contributed by atoms with van der Waals surface area (Å²) >= 11 is 6.43. The molecular formula is C20H17Br2F3N4O2. The number of aryl methyl sites for hydroxylation is 2. The second-order valence-electron chi connectivity index (χ2n) is 7.34. The largest absolute Gasteiger partial charge is 0.452 e. The van der Waals surface area contributed by atoms with Crippen LogP contribution in [0.5, 0.6) is 0 Å². The summed E-state index contributed by atoms with van der Waals surface area (Å²) in [5.74, 6) is -0.199. The van der Waals surface area contributed by atoms with Gasteiger partial charge < -0.3 is 15.1 Å². The lowest BCUT2D eigenvalue weighted by Crippen LogP contribution is -2.35. The zero-order chi connectivity index (χ0) is 22.5. The Kier molecular flexibility index (Phi) is 5.67. The van der Waals surface area contributed by atoms with Crippen LogP contribution < -0.4 is 10.6 Å². The van der Waals surface area contributed by atoms with Gasteiger partial charge >= 0.3 is 6.18 Å². The van der Waals surface area contributed by atoms with E-state index in [0.29, 0.717) is 16.1 Å². The van der Waals surface area contributed by atoms with Crippen molar-refractivity contribution in [1.82, 2.24) is 9.78 Å². The molecule has 0 spiro atoms. The lowest BCUT2D eigenvalue weighted by atomic mass is 10.0. The Morgan fingerprint density at radius 1 is 1.23 bits per heavy atom. The van der Waals surface area contributed by atoms with Crippen molar-refractivity contribution < 1.29 is 22.4 Å². The molecule has 0 saturated carbocycles. The standard InChI is InChI=1S/C20H17Br2F3N4O2/c1-9-3-4-11(7-10(9)2)26-19(30)17-16(22)18-27-12(13-5-6-15(21)31-13)8-14(20(23,24)25)29(18)28-17/h3-7,12,14,27H,8H2,1-2H3,(H,26,30)/t12-,14+/m1/s1. The summed E-state index contributed by atoms with van der Waals surface area (Å²) < 4.78 is 48.4. The van der Waals surface area contributed by atoms with Crippen LogP contribution in [0.25, 0.3) is 0 Å². The van der Waals surface area contributed by atoms with Crippen LogP contribution in [-0.2, 0) is 0 Å². The number of benzene rings is 1. The quantitative estimate of drug-likeness (QED) is 0.381. The first kappa shape index (κ1) is 21.9. The zero-order valence-corrected chi connectivity index (χ0v) is 19.5. The predicted octanol–water partition coefficient (Wildman–Crippen LogP) is 6.53. The van der Waals surface area contributed by atoms with Gasteiger partial charge in [-0.15, -0.1) is 0 Å². The van der Waals surface area contributed by atoms with Gasteiger partial charge in [0.2, 0.25) is 0 Å². The third-order valence-electron chi connectivity index (χ3n) is 5.21. The van der Waals surface area contributed by atoms with Crippen LogP contribution >= 0.6 is 31.9 Å². The van der Waals surface area contributed by atoms with E-state index in [9.17, 15) is 18.0 Å². The summed E-state index contributed by atoms with van der Waals surface area (Å²) in [6.07, 6.45) is -4.89. The van der Waals surface area contributed by atoms with Gasteiger partial charge in [0.1, 0.15) is 11.6 Å². The van der Waals surface area contributed by atoms with Gasteiger partial charge in [0.15, 0.2) is 16.4 Å². The fourth-order valence-corrected chi connectivity index (χ4v) is 4.32. The molecule has 164 valence electrons. The Hall–Kier alpha value is -2.27. The first-order valence-electron chi connectivity index (χ1n) is 9.29. The highest BCUT2D eigenvalue weighted by atomic mass is 79.9. The number of halogens is 5. The summed E-state index contributed by atoms with van der Waals surface area (Å²) in [4.78, 5) is 12.8. The number of carbonyl (C=O) groups is 1. The number of aromatic nitrogens is 2. The maximum atomic E-state index is 13.8. The van der Waals surface area contributed by atoms with Gasteiger partial charge in [0.25, 0.3) is 5.91 Å². The highest BCUT2D eigenvalue weighted by Gasteiger charge is 2.48. The second kappa shape index (κ2) is 8.01. The zero-order valence-electron chi connectivity index (χ0n) is 16.3. The summed E-state index contributed by atoms with van der Waals surface area (Å²) in [5, 5.41) is 9.71. The molecule has 1 aromatic carbocycles. The summed E-state index contributed by atoms with van der Waals surface area (Å²) in [6, 6.07) is 5.92. The van der Waals surface area contributed by atoms with Crippen molar-refractivity contribution >= 4 is 49.3 Å². The van der Waals surface area contributed by atoms with Crippen LogP contribution in [0.4, 0.5) is 24.7 Å². The lowest BCUT2D eigenvalue weighted by Gasteiger charge is -2.32. The number of furan rings is 1. The molecule has 11 heteroatoms. The highest BCUT2D eigenvalue weighted by molar-refractivity contribution is 9.10. The molecule has 6 nitrogen and oxygen atoms in total. The normalized spacial score (nSPS) is 18.4. The summed E-state index contributed by atoms with van der Waals surface area (Å²) in [5.41, 5.74) is 2.43. The maximum Gasteiger partial charge on any atom is 0.410 e. The van der Waals surface area contributed by atoms with Crippen LogP contribution in [0.1, 0.15) is 45.9 Å². The van der Waals surface area contributed by atoms with Gasteiger partial charge in [0.05, 0.1) is 10.5 Å². The van der Waals surface area contributed by atoms with Crippen molar-refractivity contribution in [3.63, 3.8) is 0 Å². The number of fused-ring (bicyclic) bond motifs is 1. The third kappa shape index (κ3) is 4.25. The van der Waals surface area contributed by atoms with Gasteiger partial charge in [-0.05, 0) is 81.1 Å². The number of hydrogen-bond donors (Lipinski definition) is 2. The molecule has 3 aromatic rings. The number of nitrogens with one attached hydrogen (secondary N) is 2. The molecule has 0 bridgehead atoms. The molecule has 31 heavy (non-hydrogen) atoms. The minimum Gasteiger partial charge on any atom is -0.452 e. The van der Waals surface area contributed by atoms with Crippen molar-refractivity contribution in [2.24, 2.45) is 0 Å². The predicted molar refractivity (Wildman–Crippen MR) is 116 cm³/mol. The molecule has 3 heterocycles. The van der Waals surface area contributed by atoms with E-state index in [-0.39, 0.29) is 22.4 Å². The summed E-state index contributed by atoms with van der Waals surface area (Å²) in [7, 11) is 0. The molecule has 0 unspecified atom stereocenters. The average Bonchev–Trinajstić information content (AvgIpc) is 3.27. The fraction of sp³-hybridized carbons (Fsp3) is 0.300. The number of anilines is 2. The molecule has 1 aliphatic rings.